The Morgan fingerprint density at radius 2 is 1.96 bits per heavy atom. The van der Waals surface area contributed by atoms with Gasteiger partial charge in [-0.25, -0.2) is 13.6 Å². The maximum atomic E-state index is 12.8. The molecule has 1 aliphatic heterocycles. The van der Waals surface area contributed by atoms with Crippen molar-refractivity contribution in [1.29, 1.82) is 0 Å². The number of nitrogens with one attached hydrogen (secondary N) is 1. The van der Waals surface area contributed by atoms with E-state index in [4.69, 9.17) is 0 Å². The molecule has 0 saturated carbocycles. The molecule has 0 radical (unpaired) electrons. The van der Waals surface area contributed by atoms with Crippen LogP contribution in [0.25, 0.3) is 0 Å². The Kier molecular flexibility index (Phi) is 5.05. The van der Waals surface area contributed by atoms with Crippen molar-refractivity contribution in [2.45, 2.75) is 24.8 Å². The fraction of sp³-hybridized carbons (Fsp3) is 0.357. The quantitative estimate of drug-likeness (QED) is 0.768. The van der Waals surface area contributed by atoms with Crippen LogP contribution in [0.4, 0.5) is 23.2 Å². The van der Waals surface area contributed by atoms with Crippen molar-refractivity contribution in [2.24, 2.45) is 5.10 Å². The highest BCUT2D eigenvalue weighted by molar-refractivity contribution is 6.40. The Morgan fingerprint density at radius 1 is 1.33 bits per heavy atom. The average Bonchev–Trinajstić information content (AvgIpc) is 2.99. The van der Waals surface area contributed by atoms with Crippen LogP contribution in [-0.4, -0.2) is 47.6 Å². The number of halogens is 4. The number of aliphatic carboxylic acids is 1. The van der Waals surface area contributed by atoms with Crippen molar-refractivity contribution in [3.05, 3.63) is 30.3 Å². The zero-order chi connectivity index (χ0) is 17.9. The Bertz CT molecular complexity index is 652. The minimum absolute atomic E-state index is 0.323. The van der Waals surface area contributed by atoms with Crippen LogP contribution in [-0.2, 0) is 9.59 Å². The molecule has 0 spiro atoms. The molecule has 0 fully saturated rings. The Morgan fingerprint density at radius 3 is 2.50 bits per heavy atom. The number of hydrogen-bond acceptors (Lipinski definition) is 4. The zero-order valence-electron chi connectivity index (χ0n) is 12.1. The second-order valence-corrected chi connectivity index (χ2v) is 5.03. The van der Waals surface area contributed by atoms with E-state index in [1.807, 2.05) is 0 Å². The fourth-order valence-corrected chi connectivity index (χ4v) is 2.04. The van der Waals surface area contributed by atoms with Crippen molar-refractivity contribution in [1.82, 2.24) is 5.32 Å². The third-order valence-electron chi connectivity index (χ3n) is 3.28. The first-order chi connectivity index (χ1) is 11.2. The lowest BCUT2D eigenvalue weighted by Crippen LogP contribution is -2.43. The van der Waals surface area contributed by atoms with Gasteiger partial charge in [-0.3, -0.25) is 9.80 Å². The minimum Gasteiger partial charge on any atom is -0.480 e. The number of nitrogens with zero attached hydrogens (tertiary/aromatic N) is 2. The Balaban J connectivity index is 2.13. The number of benzene rings is 1. The third-order valence-corrected chi connectivity index (χ3v) is 3.28. The van der Waals surface area contributed by atoms with Gasteiger partial charge in [-0.05, 0) is 12.1 Å². The maximum absolute atomic E-state index is 12.8. The van der Waals surface area contributed by atoms with Crippen LogP contribution < -0.4 is 10.3 Å². The predicted octanol–water partition coefficient (Wildman–Crippen LogP) is 1.72. The van der Waals surface area contributed by atoms with Gasteiger partial charge >= 0.3 is 18.3 Å². The van der Waals surface area contributed by atoms with Crippen molar-refractivity contribution >= 4 is 23.3 Å². The number of carboxylic acid groups (broad SMARTS) is 1. The number of para-hydroxylation sites is 1. The first kappa shape index (κ1) is 17.7. The fourth-order valence-electron chi connectivity index (χ4n) is 2.04. The molecule has 1 heterocycles. The Labute approximate surface area is 133 Å². The number of carboxylic acids is 1. The van der Waals surface area contributed by atoms with Crippen LogP contribution in [0.1, 0.15) is 6.42 Å². The van der Waals surface area contributed by atoms with E-state index in [9.17, 15) is 32.3 Å². The molecule has 10 heteroatoms. The molecule has 1 aromatic carbocycles. The predicted molar refractivity (Wildman–Crippen MR) is 76.4 cm³/mol. The van der Waals surface area contributed by atoms with Gasteiger partial charge in [0.15, 0.2) is 6.04 Å². The molecule has 0 aliphatic carbocycles. The summed E-state index contributed by atoms with van der Waals surface area (Å²) in [5.41, 5.74) is 0.0712. The topological polar surface area (TPSA) is 82.0 Å². The summed E-state index contributed by atoms with van der Waals surface area (Å²) in [7, 11) is 0. The van der Waals surface area contributed by atoms with Crippen molar-refractivity contribution < 1.29 is 32.3 Å². The molecule has 1 atom stereocenters. The summed E-state index contributed by atoms with van der Waals surface area (Å²) < 4.78 is 49.8. The smallest absolute Gasteiger partial charge is 0.328 e. The lowest BCUT2D eigenvalue weighted by Gasteiger charge is -2.19. The molecule has 6 nitrogen and oxygen atoms in total. The summed E-state index contributed by atoms with van der Waals surface area (Å²) in [6, 6.07) is 6.88. The first-order valence-electron chi connectivity index (χ1n) is 6.81. The standard InChI is InChI=1S/C14H13F4N3O3/c15-13(16)14(17,18)7-19-11(22)9-6-10(12(23)24)21(20-9)8-4-2-1-3-5-8/h1-5,10,13H,6-7H2,(H,19,22)(H,23,24). The van der Waals surface area contributed by atoms with Gasteiger partial charge in [0.05, 0.1) is 12.2 Å². The summed E-state index contributed by atoms with van der Waals surface area (Å²) in [6.45, 7) is -1.56. The van der Waals surface area contributed by atoms with E-state index in [1.165, 1.54) is 0 Å². The second-order valence-electron chi connectivity index (χ2n) is 5.03. The van der Waals surface area contributed by atoms with Crippen molar-refractivity contribution in [2.75, 3.05) is 11.6 Å². The molecule has 0 bridgehead atoms. The van der Waals surface area contributed by atoms with Crippen LogP contribution in [0.3, 0.4) is 0 Å². The van der Waals surface area contributed by atoms with Gasteiger partial charge in [-0.1, -0.05) is 18.2 Å². The van der Waals surface area contributed by atoms with E-state index in [2.05, 4.69) is 5.10 Å². The zero-order valence-corrected chi connectivity index (χ0v) is 12.1. The summed E-state index contributed by atoms with van der Waals surface area (Å²) in [5.74, 6) is -6.75. The van der Waals surface area contributed by atoms with Gasteiger partial charge in [0.1, 0.15) is 5.71 Å². The van der Waals surface area contributed by atoms with E-state index in [1.54, 1.807) is 35.6 Å². The van der Waals surface area contributed by atoms with E-state index in [0.29, 0.717) is 5.69 Å². The van der Waals surface area contributed by atoms with Crippen LogP contribution in [0.2, 0.25) is 0 Å². The molecule has 2 rings (SSSR count). The highest BCUT2D eigenvalue weighted by atomic mass is 19.3. The average molecular weight is 347 g/mol. The van der Waals surface area contributed by atoms with Gasteiger partial charge < -0.3 is 10.4 Å². The number of alkyl halides is 4. The Hall–Kier alpha value is -2.65. The highest BCUT2D eigenvalue weighted by Crippen LogP contribution is 2.25. The molecule has 130 valence electrons. The van der Waals surface area contributed by atoms with Gasteiger partial charge in [-0.15, -0.1) is 0 Å². The van der Waals surface area contributed by atoms with E-state index in [0.717, 1.165) is 5.01 Å². The minimum atomic E-state index is -4.37. The lowest BCUT2D eigenvalue weighted by atomic mass is 10.1. The van der Waals surface area contributed by atoms with Crippen molar-refractivity contribution in [3.8, 4) is 0 Å². The van der Waals surface area contributed by atoms with Gasteiger partial charge in [-0.2, -0.15) is 13.9 Å². The number of amides is 1. The number of hydrazone groups is 1. The summed E-state index contributed by atoms with van der Waals surface area (Å²) >= 11 is 0. The molecule has 1 unspecified atom stereocenters. The molecular formula is C14H13F4N3O3. The van der Waals surface area contributed by atoms with Gasteiger partial charge in [0.25, 0.3) is 5.91 Å². The van der Waals surface area contributed by atoms with E-state index in [-0.39, 0.29) is 12.1 Å². The van der Waals surface area contributed by atoms with Crippen molar-refractivity contribution in [3.63, 3.8) is 0 Å². The number of anilines is 1. The number of carbonyl (C=O) groups excluding carboxylic acids is 1. The SMILES string of the molecule is O=C(NCC(F)(F)C(F)F)C1=NN(c2ccccc2)C(C(=O)O)C1. The normalized spacial score (nSPS) is 17.8. The number of hydrogen-bond donors (Lipinski definition) is 2. The second kappa shape index (κ2) is 6.85. The largest absolute Gasteiger partial charge is 0.480 e. The molecule has 1 aliphatic rings. The molecule has 0 aromatic heterocycles. The maximum Gasteiger partial charge on any atom is 0.328 e. The van der Waals surface area contributed by atoms with Crippen LogP contribution >= 0.6 is 0 Å². The van der Waals surface area contributed by atoms with Crippen LogP contribution in [0, 0.1) is 0 Å². The summed E-state index contributed by atoms with van der Waals surface area (Å²) in [4.78, 5) is 23.1. The van der Waals surface area contributed by atoms with Crippen LogP contribution in [0.5, 0.6) is 0 Å². The number of rotatable bonds is 6. The summed E-state index contributed by atoms with van der Waals surface area (Å²) in [5, 5.41) is 15.8. The van der Waals surface area contributed by atoms with Crippen LogP contribution in [0.15, 0.2) is 35.4 Å². The molecule has 24 heavy (non-hydrogen) atoms. The van der Waals surface area contributed by atoms with Gasteiger partial charge in [0, 0.05) is 6.42 Å². The highest BCUT2D eigenvalue weighted by Gasteiger charge is 2.42. The van der Waals surface area contributed by atoms with Gasteiger partial charge in [0.2, 0.25) is 0 Å². The molecule has 1 aromatic rings. The molecule has 2 N–H and O–H groups in total. The molecule has 1 amide bonds. The lowest BCUT2D eigenvalue weighted by molar-refractivity contribution is -0.138. The number of carbonyl (C=O) groups is 2. The summed E-state index contributed by atoms with van der Waals surface area (Å²) in [6.07, 6.45) is -4.26. The first-order valence-corrected chi connectivity index (χ1v) is 6.81. The van der Waals surface area contributed by atoms with E-state index < -0.39 is 36.8 Å². The third kappa shape index (κ3) is 3.81. The molecule has 0 saturated heterocycles. The van der Waals surface area contributed by atoms with E-state index >= 15 is 0 Å². The molecular weight excluding hydrogens is 334 g/mol. The monoisotopic (exact) mass is 347 g/mol.